The van der Waals surface area contributed by atoms with Crippen molar-refractivity contribution < 1.29 is 13.2 Å². The van der Waals surface area contributed by atoms with E-state index in [1.807, 2.05) is 0 Å². The molecule has 2 aromatic rings. The van der Waals surface area contributed by atoms with E-state index in [2.05, 4.69) is 4.98 Å². The molecule has 1 aromatic carbocycles. The van der Waals surface area contributed by atoms with E-state index in [0.717, 1.165) is 6.07 Å². The van der Waals surface area contributed by atoms with Crippen molar-refractivity contribution in [3.05, 3.63) is 48.3 Å². The van der Waals surface area contributed by atoms with E-state index in [1.165, 1.54) is 18.5 Å². The quantitative estimate of drug-likeness (QED) is 0.774. The van der Waals surface area contributed by atoms with Crippen molar-refractivity contribution in [2.24, 2.45) is 0 Å². The number of hydrogen-bond donors (Lipinski definition) is 1. The van der Waals surface area contributed by atoms with Crippen LogP contribution in [0.5, 0.6) is 0 Å². The molecule has 0 aliphatic heterocycles. The SMILES string of the molecule is Nc1c(-c2ccncc2)cccc1C(F)(F)F. The minimum Gasteiger partial charge on any atom is -0.398 e. The first kappa shape index (κ1) is 11.4. The highest BCUT2D eigenvalue weighted by molar-refractivity contribution is 5.78. The van der Waals surface area contributed by atoms with Gasteiger partial charge in [0.15, 0.2) is 0 Å². The van der Waals surface area contributed by atoms with Crippen molar-refractivity contribution >= 4 is 5.69 Å². The van der Waals surface area contributed by atoms with Gasteiger partial charge in [0.25, 0.3) is 0 Å². The van der Waals surface area contributed by atoms with Crippen LogP contribution in [0.1, 0.15) is 5.56 Å². The van der Waals surface area contributed by atoms with E-state index in [0.29, 0.717) is 11.1 Å². The van der Waals surface area contributed by atoms with E-state index in [-0.39, 0.29) is 5.69 Å². The molecule has 17 heavy (non-hydrogen) atoms. The largest absolute Gasteiger partial charge is 0.418 e. The van der Waals surface area contributed by atoms with Crippen molar-refractivity contribution in [3.63, 3.8) is 0 Å². The van der Waals surface area contributed by atoms with Gasteiger partial charge in [0.1, 0.15) is 0 Å². The van der Waals surface area contributed by atoms with Crippen LogP contribution >= 0.6 is 0 Å². The highest BCUT2D eigenvalue weighted by Crippen LogP contribution is 2.38. The third kappa shape index (κ3) is 2.22. The minimum atomic E-state index is -4.44. The Balaban J connectivity index is 2.58. The van der Waals surface area contributed by atoms with Gasteiger partial charge in [-0.15, -0.1) is 0 Å². The van der Waals surface area contributed by atoms with Gasteiger partial charge in [-0.25, -0.2) is 0 Å². The molecule has 2 N–H and O–H groups in total. The van der Waals surface area contributed by atoms with Gasteiger partial charge in [-0.05, 0) is 23.8 Å². The van der Waals surface area contributed by atoms with Crippen LogP contribution in [0.2, 0.25) is 0 Å². The topological polar surface area (TPSA) is 38.9 Å². The van der Waals surface area contributed by atoms with Gasteiger partial charge < -0.3 is 5.73 Å². The molecule has 2 nitrogen and oxygen atoms in total. The highest BCUT2D eigenvalue weighted by atomic mass is 19.4. The number of nitrogens with two attached hydrogens (primary N) is 1. The first-order valence-corrected chi connectivity index (χ1v) is 4.86. The molecule has 0 aliphatic carbocycles. The summed E-state index contributed by atoms with van der Waals surface area (Å²) in [5.41, 5.74) is 5.47. The third-order valence-corrected chi connectivity index (χ3v) is 2.40. The molecule has 0 unspecified atom stereocenters. The molecule has 0 saturated heterocycles. The number of nitrogen functional groups attached to an aromatic ring is 1. The van der Waals surface area contributed by atoms with E-state index >= 15 is 0 Å². The molecule has 1 aromatic heterocycles. The smallest absolute Gasteiger partial charge is 0.398 e. The van der Waals surface area contributed by atoms with Gasteiger partial charge in [-0.1, -0.05) is 12.1 Å². The number of rotatable bonds is 1. The van der Waals surface area contributed by atoms with Crippen LogP contribution in [0, 0.1) is 0 Å². The van der Waals surface area contributed by atoms with Gasteiger partial charge in [0.2, 0.25) is 0 Å². The molecule has 0 radical (unpaired) electrons. The number of pyridine rings is 1. The monoisotopic (exact) mass is 238 g/mol. The number of anilines is 1. The number of nitrogens with zero attached hydrogens (tertiary/aromatic N) is 1. The van der Waals surface area contributed by atoms with Crippen molar-refractivity contribution in [1.29, 1.82) is 0 Å². The first-order chi connectivity index (χ1) is 8.00. The van der Waals surface area contributed by atoms with Crippen molar-refractivity contribution in [2.75, 3.05) is 5.73 Å². The van der Waals surface area contributed by atoms with E-state index in [9.17, 15) is 13.2 Å². The molecular formula is C12H9F3N2. The number of hydrogen-bond acceptors (Lipinski definition) is 2. The van der Waals surface area contributed by atoms with Gasteiger partial charge >= 0.3 is 6.18 Å². The average molecular weight is 238 g/mol. The summed E-state index contributed by atoms with van der Waals surface area (Å²) in [6.45, 7) is 0. The zero-order valence-corrected chi connectivity index (χ0v) is 8.70. The highest BCUT2D eigenvalue weighted by Gasteiger charge is 2.33. The normalized spacial score (nSPS) is 11.5. The summed E-state index contributed by atoms with van der Waals surface area (Å²) in [6, 6.07) is 7.10. The van der Waals surface area contributed by atoms with Crippen LogP contribution < -0.4 is 5.73 Å². The van der Waals surface area contributed by atoms with Crippen LogP contribution in [0.25, 0.3) is 11.1 Å². The molecule has 2 rings (SSSR count). The summed E-state index contributed by atoms with van der Waals surface area (Å²) >= 11 is 0. The third-order valence-electron chi connectivity index (χ3n) is 2.40. The van der Waals surface area contributed by atoms with Crippen molar-refractivity contribution in [2.45, 2.75) is 6.18 Å². The molecule has 0 bridgehead atoms. The Morgan fingerprint density at radius 3 is 2.24 bits per heavy atom. The van der Waals surface area contributed by atoms with E-state index in [1.54, 1.807) is 18.2 Å². The van der Waals surface area contributed by atoms with Crippen LogP contribution in [-0.2, 0) is 6.18 Å². The molecule has 0 amide bonds. The van der Waals surface area contributed by atoms with E-state index in [4.69, 9.17) is 5.73 Å². The van der Waals surface area contributed by atoms with Gasteiger partial charge in [0.05, 0.1) is 11.3 Å². The molecule has 88 valence electrons. The minimum absolute atomic E-state index is 0.258. The lowest BCUT2D eigenvalue weighted by Crippen LogP contribution is -2.09. The maximum absolute atomic E-state index is 12.7. The fourth-order valence-electron chi connectivity index (χ4n) is 1.60. The average Bonchev–Trinajstić information content (AvgIpc) is 2.29. The van der Waals surface area contributed by atoms with E-state index < -0.39 is 11.7 Å². The Labute approximate surface area is 95.9 Å². The molecule has 1 heterocycles. The van der Waals surface area contributed by atoms with Crippen molar-refractivity contribution in [3.8, 4) is 11.1 Å². The summed E-state index contributed by atoms with van der Waals surface area (Å²) in [5, 5.41) is 0. The summed E-state index contributed by atoms with van der Waals surface area (Å²) in [6.07, 6.45) is -1.42. The lowest BCUT2D eigenvalue weighted by molar-refractivity contribution is -0.136. The maximum atomic E-state index is 12.7. The molecule has 5 heteroatoms. The maximum Gasteiger partial charge on any atom is 0.418 e. The number of aromatic nitrogens is 1. The van der Waals surface area contributed by atoms with Crippen LogP contribution in [-0.4, -0.2) is 4.98 Å². The predicted octanol–water partition coefficient (Wildman–Crippen LogP) is 3.35. The van der Waals surface area contributed by atoms with Gasteiger partial charge in [-0.2, -0.15) is 13.2 Å². The second-order valence-electron chi connectivity index (χ2n) is 3.50. The molecule has 0 fully saturated rings. The predicted molar refractivity (Wildman–Crippen MR) is 59.1 cm³/mol. The molecule has 0 saturated carbocycles. The van der Waals surface area contributed by atoms with Crippen molar-refractivity contribution in [1.82, 2.24) is 4.98 Å². The van der Waals surface area contributed by atoms with Gasteiger partial charge in [0, 0.05) is 18.0 Å². The molecule has 0 spiro atoms. The lowest BCUT2D eigenvalue weighted by atomic mass is 10.0. The Hall–Kier alpha value is -2.04. The number of alkyl halides is 3. The fraction of sp³-hybridized carbons (Fsp3) is 0.0833. The Morgan fingerprint density at radius 1 is 1.00 bits per heavy atom. The zero-order chi connectivity index (χ0) is 12.5. The Bertz CT molecular complexity index is 521. The summed E-state index contributed by atoms with van der Waals surface area (Å²) in [7, 11) is 0. The number of benzene rings is 1. The lowest BCUT2D eigenvalue weighted by Gasteiger charge is -2.13. The Morgan fingerprint density at radius 2 is 1.65 bits per heavy atom. The van der Waals surface area contributed by atoms with Crippen LogP contribution in [0.3, 0.4) is 0 Å². The second kappa shape index (κ2) is 4.08. The van der Waals surface area contributed by atoms with Crippen LogP contribution in [0.15, 0.2) is 42.7 Å². The Kier molecular flexibility index (Phi) is 2.75. The molecular weight excluding hydrogens is 229 g/mol. The number of para-hydroxylation sites is 1. The van der Waals surface area contributed by atoms with Crippen LogP contribution in [0.4, 0.5) is 18.9 Å². The standard InChI is InChI=1S/C12H9F3N2/c13-12(14,15)10-3-1-2-9(11(10)16)8-4-6-17-7-5-8/h1-7H,16H2. The molecule has 0 aliphatic rings. The summed E-state index contributed by atoms with van der Waals surface area (Å²) in [4.78, 5) is 3.81. The zero-order valence-electron chi connectivity index (χ0n) is 8.70. The fourth-order valence-corrected chi connectivity index (χ4v) is 1.60. The van der Waals surface area contributed by atoms with Gasteiger partial charge in [-0.3, -0.25) is 4.98 Å². The number of halogens is 3. The summed E-state index contributed by atoms with van der Waals surface area (Å²) < 4.78 is 38.0. The summed E-state index contributed by atoms with van der Waals surface area (Å²) in [5.74, 6) is 0. The second-order valence-corrected chi connectivity index (χ2v) is 3.50. The molecule has 0 atom stereocenters. The first-order valence-electron chi connectivity index (χ1n) is 4.86.